The van der Waals surface area contributed by atoms with Crippen LogP contribution in [0, 0.1) is 0 Å². The highest BCUT2D eigenvalue weighted by Gasteiger charge is 2.17. The first-order chi connectivity index (χ1) is 16.3. The van der Waals surface area contributed by atoms with Crippen LogP contribution in [0.5, 0.6) is 0 Å². The fourth-order valence-corrected chi connectivity index (χ4v) is 4.67. The van der Waals surface area contributed by atoms with Gasteiger partial charge in [0.05, 0.1) is 11.4 Å². The first-order valence-electron chi connectivity index (χ1n) is 11.0. The van der Waals surface area contributed by atoms with E-state index in [9.17, 15) is 0 Å². The predicted octanol–water partition coefficient (Wildman–Crippen LogP) is 5.90. The van der Waals surface area contributed by atoms with Gasteiger partial charge in [-0.2, -0.15) is 5.10 Å². The van der Waals surface area contributed by atoms with Crippen LogP contribution < -0.4 is 0 Å². The van der Waals surface area contributed by atoms with Gasteiger partial charge in [0.25, 0.3) is 0 Å². The Morgan fingerprint density at radius 3 is 2.27 bits per heavy atom. The van der Waals surface area contributed by atoms with Crippen LogP contribution in [-0.4, -0.2) is 29.5 Å². The third-order valence-electron chi connectivity index (χ3n) is 5.32. The van der Waals surface area contributed by atoms with E-state index < -0.39 is 0 Å². The molecule has 0 amide bonds. The molecular weight excluding hydrogens is 428 g/mol. The maximum absolute atomic E-state index is 4.93. The quantitative estimate of drug-likeness (QED) is 0.275. The molecule has 3 aromatic heterocycles. The lowest BCUT2D eigenvalue weighted by Gasteiger charge is -2.09. The summed E-state index contributed by atoms with van der Waals surface area (Å²) in [5.41, 5.74) is 5.32. The van der Waals surface area contributed by atoms with Crippen molar-refractivity contribution >= 4 is 11.8 Å². The Kier molecular flexibility index (Phi) is 6.30. The zero-order valence-corrected chi connectivity index (χ0v) is 19.2. The Hall–Kier alpha value is -3.71. The Bertz CT molecular complexity index is 1310. The zero-order chi connectivity index (χ0) is 22.5. The van der Waals surface area contributed by atoms with E-state index in [0.29, 0.717) is 0 Å². The molecule has 5 rings (SSSR count). The summed E-state index contributed by atoms with van der Waals surface area (Å²) >= 11 is 1.69. The van der Waals surface area contributed by atoms with Crippen LogP contribution in [0.4, 0.5) is 0 Å². The van der Waals surface area contributed by atoms with Crippen LogP contribution in [0.3, 0.4) is 0 Å². The largest absolute Gasteiger partial charge is 0.302 e. The van der Waals surface area contributed by atoms with E-state index in [2.05, 4.69) is 57.1 Å². The summed E-state index contributed by atoms with van der Waals surface area (Å²) in [4.78, 5) is 4.12. The fraction of sp³-hybridized carbons (Fsp3) is 0.154. The highest BCUT2D eigenvalue weighted by Crippen LogP contribution is 2.31. The van der Waals surface area contributed by atoms with Crippen molar-refractivity contribution in [2.24, 2.45) is 0 Å². The van der Waals surface area contributed by atoms with Crippen molar-refractivity contribution in [3.63, 3.8) is 0 Å². The molecule has 0 bridgehead atoms. The van der Waals surface area contributed by atoms with Gasteiger partial charge in [-0.1, -0.05) is 67.2 Å². The molecule has 0 saturated heterocycles. The fourth-order valence-electron chi connectivity index (χ4n) is 3.74. The Morgan fingerprint density at radius 2 is 1.55 bits per heavy atom. The molecule has 0 spiro atoms. The molecule has 0 aliphatic carbocycles. The van der Waals surface area contributed by atoms with E-state index >= 15 is 0 Å². The molecule has 5 aromatic rings. The number of hydrogen-bond acceptors (Lipinski definition) is 5. The van der Waals surface area contributed by atoms with Gasteiger partial charge in [-0.05, 0) is 30.7 Å². The second-order valence-corrected chi connectivity index (χ2v) is 8.57. The first-order valence-corrected chi connectivity index (χ1v) is 12.0. The van der Waals surface area contributed by atoms with Crippen LogP contribution >= 0.6 is 11.8 Å². The van der Waals surface area contributed by atoms with E-state index in [-0.39, 0.29) is 0 Å². The van der Waals surface area contributed by atoms with Crippen LogP contribution in [0.25, 0.3) is 28.3 Å². The molecule has 0 fully saturated rings. The van der Waals surface area contributed by atoms with E-state index in [1.165, 1.54) is 0 Å². The summed E-state index contributed by atoms with van der Waals surface area (Å²) in [6, 6.07) is 24.5. The second-order valence-electron chi connectivity index (χ2n) is 7.63. The van der Waals surface area contributed by atoms with Crippen molar-refractivity contribution in [3.8, 4) is 28.3 Å². The van der Waals surface area contributed by atoms with E-state index in [1.807, 2.05) is 53.2 Å². The number of aromatic nitrogens is 6. The van der Waals surface area contributed by atoms with Crippen molar-refractivity contribution in [2.45, 2.75) is 30.8 Å². The summed E-state index contributed by atoms with van der Waals surface area (Å²) in [6.07, 6.45) is 6.70. The zero-order valence-electron chi connectivity index (χ0n) is 18.4. The number of benzene rings is 2. The molecule has 0 unspecified atom stereocenters. The Balaban J connectivity index is 1.47. The van der Waals surface area contributed by atoms with Gasteiger partial charge < -0.3 is 4.57 Å². The van der Waals surface area contributed by atoms with Gasteiger partial charge in [-0.25, -0.2) is 4.68 Å². The van der Waals surface area contributed by atoms with Gasteiger partial charge in [0.2, 0.25) is 0 Å². The van der Waals surface area contributed by atoms with E-state index in [1.54, 1.807) is 24.2 Å². The number of nitrogens with zero attached hydrogens (tertiary/aromatic N) is 6. The van der Waals surface area contributed by atoms with Gasteiger partial charge >= 0.3 is 0 Å². The summed E-state index contributed by atoms with van der Waals surface area (Å²) in [6.45, 7) is 3.03. The minimum Gasteiger partial charge on any atom is -0.302 e. The lowest BCUT2D eigenvalue weighted by Crippen LogP contribution is -2.02. The van der Waals surface area contributed by atoms with Gasteiger partial charge in [0, 0.05) is 47.6 Å². The Labute approximate surface area is 197 Å². The normalized spacial score (nSPS) is 11.1. The number of para-hydroxylation sites is 1. The van der Waals surface area contributed by atoms with Crippen molar-refractivity contribution < 1.29 is 0 Å². The van der Waals surface area contributed by atoms with Gasteiger partial charge in [-0.15, -0.1) is 10.2 Å². The second kappa shape index (κ2) is 9.83. The van der Waals surface area contributed by atoms with Gasteiger partial charge in [0.15, 0.2) is 11.0 Å². The average molecular weight is 453 g/mol. The van der Waals surface area contributed by atoms with Crippen LogP contribution in [-0.2, 0) is 12.3 Å². The summed E-state index contributed by atoms with van der Waals surface area (Å²) in [5.74, 6) is 1.62. The molecule has 164 valence electrons. The molecule has 3 heterocycles. The SMILES string of the molecule is CCCn1c(SCc2cn(-c3ccccc3)nc2-c2ccccc2)nnc1-c1ccncc1. The molecule has 6 nitrogen and oxygen atoms in total. The number of pyridine rings is 1. The maximum atomic E-state index is 4.93. The standard InChI is InChI=1S/C26H24N6S/c1-2-17-31-25(21-13-15-27-16-14-21)28-29-26(31)33-19-22-18-32(23-11-7-4-8-12-23)30-24(22)20-9-5-3-6-10-20/h3-16,18H,2,17,19H2,1H3. The van der Waals surface area contributed by atoms with Crippen molar-refractivity contribution in [1.29, 1.82) is 0 Å². The summed E-state index contributed by atoms with van der Waals surface area (Å²) in [7, 11) is 0. The Morgan fingerprint density at radius 1 is 0.818 bits per heavy atom. The highest BCUT2D eigenvalue weighted by molar-refractivity contribution is 7.98. The molecule has 0 N–H and O–H groups in total. The number of hydrogen-bond donors (Lipinski definition) is 0. The van der Waals surface area contributed by atoms with Crippen molar-refractivity contribution in [2.75, 3.05) is 0 Å². The minimum absolute atomic E-state index is 0.745. The molecular formula is C26H24N6S. The molecule has 2 aromatic carbocycles. The number of thioether (sulfide) groups is 1. The molecule has 0 atom stereocenters. The molecule has 7 heteroatoms. The van der Waals surface area contributed by atoms with E-state index in [0.717, 1.165) is 57.8 Å². The average Bonchev–Trinajstić information content (AvgIpc) is 3.49. The summed E-state index contributed by atoms with van der Waals surface area (Å²) in [5, 5.41) is 14.9. The molecule has 0 aliphatic rings. The van der Waals surface area contributed by atoms with Crippen LogP contribution in [0.15, 0.2) is 96.5 Å². The minimum atomic E-state index is 0.745. The van der Waals surface area contributed by atoms with Crippen LogP contribution in [0.2, 0.25) is 0 Å². The van der Waals surface area contributed by atoms with Gasteiger partial charge in [0.1, 0.15) is 0 Å². The number of rotatable bonds is 8. The topological polar surface area (TPSA) is 61.4 Å². The van der Waals surface area contributed by atoms with Gasteiger partial charge in [-0.3, -0.25) is 4.98 Å². The van der Waals surface area contributed by atoms with Crippen molar-refractivity contribution in [3.05, 3.63) is 97.0 Å². The van der Waals surface area contributed by atoms with Crippen LogP contribution in [0.1, 0.15) is 18.9 Å². The third kappa shape index (κ3) is 4.59. The smallest absolute Gasteiger partial charge is 0.191 e. The monoisotopic (exact) mass is 452 g/mol. The summed E-state index contributed by atoms with van der Waals surface area (Å²) < 4.78 is 4.15. The lowest BCUT2D eigenvalue weighted by molar-refractivity contribution is 0.626. The van der Waals surface area contributed by atoms with E-state index in [4.69, 9.17) is 5.10 Å². The first kappa shape index (κ1) is 21.2. The maximum Gasteiger partial charge on any atom is 0.191 e. The molecule has 0 radical (unpaired) electrons. The highest BCUT2D eigenvalue weighted by atomic mass is 32.2. The van der Waals surface area contributed by atoms with Crippen molar-refractivity contribution in [1.82, 2.24) is 29.5 Å². The lowest BCUT2D eigenvalue weighted by atomic mass is 10.1. The molecule has 33 heavy (non-hydrogen) atoms. The molecule has 0 saturated carbocycles. The molecule has 0 aliphatic heterocycles. The third-order valence-corrected chi connectivity index (χ3v) is 6.33. The predicted molar refractivity (Wildman–Crippen MR) is 132 cm³/mol.